The van der Waals surface area contributed by atoms with Gasteiger partial charge in [-0.05, 0) is 18.3 Å². The van der Waals surface area contributed by atoms with Gasteiger partial charge in [-0.3, -0.25) is 4.79 Å². The van der Waals surface area contributed by atoms with Crippen LogP contribution in [0.3, 0.4) is 0 Å². The average molecular weight is 292 g/mol. The van der Waals surface area contributed by atoms with Gasteiger partial charge in [0.1, 0.15) is 0 Å². The maximum atomic E-state index is 12.1. The summed E-state index contributed by atoms with van der Waals surface area (Å²) in [5.74, 6) is -0.800. The Morgan fingerprint density at radius 1 is 1.37 bits per heavy atom. The first-order chi connectivity index (χ1) is 8.62. The lowest BCUT2D eigenvalue weighted by Gasteiger charge is -2.28. The Balaban J connectivity index is 2.82. The van der Waals surface area contributed by atoms with E-state index in [2.05, 4.69) is 4.72 Å². The molecule has 0 amide bonds. The molecule has 6 nitrogen and oxygen atoms in total. The Hall–Kier alpha value is -0.660. The molecule has 0 spiro atoms. The molecule has 112 valence electrons. The molecule has 1 rings (SSSR count). The monoisotopic (exact) mass is 292 g/mol. The van der Waals surface area contributed by atoms with E-state index in [4.69, 9.17) is 0 Å². The van der Waals surface area contributed by atoms with E-state index in [0.717, 1.165) is 0 Å². The molecule has 0 aromatic rings. The largest absolute Gasteiger partial charge is 0.481 e. The van der Waals surface area contributed by atoms with E-state index in [0.29, 0.717) is 13.0 Å². The molecular formula is C12H24N2O4S. The minimum absolute atomic E-state index is 0.0490. The van der Waals surface area contributed by atoms with Gasteiger partial charge in [0.05, 0.1) is 5.41 Å². The SMILES string of the molecule is CC(C)CNS(=O)(=O)N1CCC(C(=O)O)(C(C)C)C1. The molecule has 19 heavy (non-hydrogen) atoms. The van der Waals surface area contributed by atoms with Gasteiger partial charge >= 0.3 is 5.97 Å². The quantitative estimate of drug-likeness (QED) is 0.762. The van der Waals surface area contributed by atoms with E-state index < -0.39 is 21.6 Å². The first-order valence-corrected chi connectivity index (χ1v) is 8.04. The molecule has 0 aliphatic carbocycles. The molecule has 0 radical (unpaired) electrons. The number of hydrogen-bond donors (Lipinski definition) is 2. The van der Waals surface area contributed by atoms with E-state index in [9.17, 15) is 18.3 Å². The third kappa shape index (κ3) is 3.46. The first-order valence-electron chi connectivity index (χ1n) is 6.60. The van der Waals surface area contributed by atoms with Gasteiger partial charge in [-0.15, -0.1) is 0 Å². The summed E-state index contributed by atoms with van der Waals surface area (Å²) in [6.45, 7) is 8.16. The molecule has 7 heteroatoms. The molecule has 1 aliphatic heterocycles. The zero-order valence-electron chi connectivity index (χ0n) is 12.0. The Morgan fingerprint density at radius 2 is 1.95 bits per heavy atom. The van der Waals surface area contributed by atoms with Crippen LogP contribution in [-0.4, -0.2) is 43.4 Å². The summed E-state index contributed by atoms with van der Waals surface area (Å²) < 4.78 is 28.0. The highest BCUT2D eigenvalue weighted by Gasteiger charge is 2.50. The summed E-state index contributed by atoms with van der Waals surface area (Å²) in [7, 11) is -3.57. The maximum absolute atomic E-state index is 12.1. The van der Waals surface area contributed by atoms with Gasteiger partial charge in [-0.1, -0.05) is 27.7 Å². The van der Waals surface area contributed by atoms with E-state index >= 15 is 0 Å². The van der Waals surface area contributed by atoms with Crippen molar-refractivity contribution >= 4 is 16.2 Å². The number of nitrogens with one attached hydrogen (secondary N) is 1. The van der Waals surface area contributed by atoms with Gasteiger partial charge in [-0.2, -0.15) is 12.7 Å². The lowest BCUT2D eigenvalue weighted by molar-refractivity contribution is -0.150. The van der Waals surface area contributed by atoms with Crippen LogP contribution in [0, 0.1) is 17.3 Å². The number of carboxylic acids is 1. The Labute approximate surface area is 115 Å². The molecule has 2 N–H and O–H groups in total. The lowest BCUT2D eigenvalue weighted by atomic mass is 9.77. The fourth-order valence-electron chi connectivity index (χ4n) is 2.26. The topological polar surface area (TPSA) is 86.7 Å². The molecule has 0 saturated carbocycles. The number of carboxylic acid groups (broad SMARTS) is 1. The Morgan fingerprint density at radius 3 is 2.32 bits per heavy atom. The summed E-state index contributed by atoms with van der Waals surface area (Å²) in [5.41, 5.74) is -0.966. The lowest BCUT2D eigenvalue weighted by Crippen LogP contribution is -2.44. The molecule has 1 atom stereocenters. The smallest absolute Gasteiger partial charge is 0.311 e. The van der Waals surface area contributed by atoms with Gasteiger partial charge in [0.15, 0.2) is 0 Å². The summed E-state index contributed by atoms with van der Waals surface area (Å²) in [6.07, 6.45) is 0.364. The van der Waals surface area contributed by atoms with Crippen molar-refractivity contribution < 1.29 is 18.3 Å². The minimum atomic E-state index is -3.57. The number of aliphatic carboxylic acids is 1. The van der Waals surface area contributed by atoms with Crippen LogP contribution in [0.5, 0.6) is 0 Å². The predicted molar refractivity (Wildman–Crippen MR) is 72.9 cm³/mol. The molecule has 0 bridgehead atoms. The molecule has 1 fully saturated rings. The van der Waals surface area contributed by atoms with Crippen molar-refractivity contribution in [2.45, 2.75) is 34.1 Å². The van der Waals surface area contributed by atoms with Crippen molar-refractivity contribution in [2.75, 3.05) is 19.6 Å². The van der Waals surface area contributed by atoms with Gasteiger partial charge in [-0.25, -0.2) is 4.72 Å². The van der Waals surface area contributed by atoms with Gasteiger partial charge < -0.3 is 5.11 Å². The standard InChI is InChI=1S/C12H24N2O4S/c1-9(2)7-13-19(17,18)14-6-5-12(8-14,10(3)4)11(15)16/h9-10,13H,5-8H2,1-4H3,(H,15,16). The van der Waals surface area contributed by atoms with Crippen molar-refractivity contribution in [3.63, 3.8) is 0 Å². The van der Waals surface area contributed by atoms with Crippen LogP contribution >= 0.6 is 0 Å². The second-order valence-corrected chi connectivity index (χ2v) is 7.70. The van der Waals surface area contributed by atoms with E-state index in [1.165, 1.54) is 4.31 Å². The summed E-state index contributed by atoms with van der Waals surface area (Å²) in [4.78, 5) is 11.5. The molecule has 1 aliphatic rings. The summed E-state index contributed by atoms with van der Waals surface area (Å²) in [6, 6.07) is 0. The Kier molecular flexibility index (Phi) is 4.97. The maximum Gasteiger partial charge on any atom is 0.311 e. The molecular weight excluding hydrogens is 268 g/mol. The van der Waals surface area contributed by atoms with Crippen molar-refractivity contribution in [2.24, 2.45) is 17.3 Å². The van der Waals surface area contributed by atoms with E-state index in [1.807, 2.05) is 27.7 Å². The zero-order valence-corrected chi connectivity index (χ0v) is 12.8. The number of nitrogens with zero attached hydrogens (tertiary/aromatic N) is 1. The van der Waals surface area contributed by atoms with Crippen LogP contribution in [0.25, 0.3) is 0 Å². The third-order valence-corrected chi connectivity index (χ3v) is 5.33. The second-order valence-electron chi connectivity index (χ2n) is 5.95. The fraction of sp³-hybridized carbons (Fsp3) is 0.917. The molecule has 1 saturated heterocycles. The van der Waals surface area contributed by atoms with Crippen molar-refractivity contribution in [3.8, 4) is 0 Å². The molecule has 1 unspecified atom stereocenters. The van der Waals surface area contributed by atoms with Gasteiger partial charge in [0, 0.05) is 19.6 Å². The highest BCUT2D eigenvalue weighted by atomic mass is 32.2. The van der Waals surface area contributed by atoms with Crippen LogP contribution in [0.2, 0.25) is 0 Å². The third-order valence-electron chi connectivity index (χ3n) is 3.81. The number of carbonyl (C=O) groups is 1. The molecule has 1 heterocycles. The van der Waals surface area contributed by atoms with Crippen molar-refractivity contribution in [1.29, 1.82) is 0 Å². The highest BCUT2D eigenvalue weighted by Crippen LogP contribution is 2.38. The highest BCUT2D eigenvalue weighted by molar-refractivity contribution is 7.87. The van der Waals surface area contributed by atoms with E-state index in [1.54, 1.807) is 0 Å². The summed E-state index contributed by atoms with van der Waals surface area (Å²) in [5, 5.41) is 9.39. The van der Waals surface area contributed by atoms with Crippen LogP contribution in [0.4, 0.5) is 0 Å². The van der Waals surface area contributed by atoms with Gasteiger partial charge in [0.25, 0.3) is 10.2 Å². The van der Waals surface area contributed by atoms with Crippen LogP contribution < -0.4 is 4.72 Å². The van der Waals surface area contributed by atoms with Crippen molar-refractivity contribution in [3.05, 3.63) is 0 Å². The fourth-order valence-corrected chi connectivity index (χ4v) is 3.72. The first kappa shape index (κ1) is 16.4. The van der Waals surface area contributed by atoms with Crippen LogP contribution in [0.1, 0.15) is 34.1 Å². The zero-order chi connectivity index (χ0) is 14.8. The van der Waals surface area contributed by atoms with E-state index in [-0.39, 0.29) is 24.9 Å². The van der Waals surface area contributed by atoms with Crippen LogP contribution in [-0.2, 0) is 15.0 Å². The van der Waals surface area contributed by atoms with Crippen LogP contribution in [0.15, 0.2) is 0 Å². The second kappa shape index (κ2) is 5.76. The number of rotatable bonds is 6. The van der Waals surface area contributed by atoms with Crippen molar-refractivity contribution in [1.82, 2.24) is 9.03 Å². The normalized spacial score (nSPS) is 25.4. The Bertz CT molecular complexity index is 433. The minimum Gasteiger partial charge on any atom is -0.481 e. The number of hydrogen-bond acceptors (Lipinski definition) is 3. The molecule has 0 aromatic carbocycles. The van der Waals surface area contributed by atoms with Gasteiger partial charge in [0.2, 0.25) is 0 Å². The average Bonchev–Trinajstić information content (AvgIpc) is 2.73. The summed E-state index contributed by atoms with van der Waals surface area (Å²) >= 11 is 0. The predicted octanol–water partition coefficient (Wildman–Crippen LogP) is 0.910. The molecule has 0 aromatic heterocycles.